The van der Waals surface area contributed by atoms with Gasteiger partial charge in [0.1, 0.15) is 24.1 Å². The number of carbonyl (C=O) groups is 1. The minimum Gasteiger partial charge on any atom is -0.493 e. The zero-order valence-corrected chi connectivity index (χ0v) is 20.4. The molecule has 4 rings (SSSR count). The van der Waals surface area contributed by atoms with E-state index in [0.717, 1.165) is 10.1 Å². The minimum atomic E-state index is -1.10. The fourth-order valence-corrected chi connectivity index (χ4v) is 4.10. The predicted molar refractivity (Wildman–Crippen MR) is 142 cm³/mol. The summed E-state index contributed by atoms with van der Waals surface area (Å²) in [4.78, 5) is 29.2. The van der Waals surface area contributed by atoms with Crippen molar-refractivity contribution in [3.05, 3.63) is 99.4 Å². The summed E-state index contributed by atoms with van der Waals surface area (Å²) in [5, 5.41) is 23.0. The second-order valence-corrected chi connectivity index (χ2v) is 8.54. The second-order valence-electron chi connectivity index (χ2n) is 8.13. The largest absolute Gasteiger partial charge is 0.493 e. The Labute approximate surface area is 218 Å². The molecule has 1 atom stereocenters. The van der Waals surface area contributed by atoms with Gasteiger partial charge in [0.05, 0.1) is 17.3 Å². The van der Waals surface area contributed by atoms with E-state index < -0.39 is 17.6 Å². The van der Waals surface area contributed by atoms with Gasteiger partial charge >= 0.3 is 5.69 Å². The average Bonchev–Trinajstić information content (AvgIpc) is 3.21. The number of rotatable bonds is 9. The smallest absolute Gasteiger partial charge is 0.329 e. The molecule has 0 spiro atoms. The lowest BCUT2D eigenvalue weighted by molar-refractivity contribution is -0.119. The van der Waals surface area contributed by atoms with Gasteiger partial charge in [0, 0.05) is 17.5 Å². The SMILES string of the molecule is C#Cc1ccc(NC(=O)[C@H](Cc2ccccc2)n2c(O)c(-c3ccc(OCCO)cc3)[nH]c2=O)c(Cl)c1. The monoisotopic (exact) mass is 517 g/mol. The van der Waals surface area contributed by atoms with Gasteiger partial charge in [0.15, 0.2) is 0 Å². The average molecular weight is 518 g/mol. The Bertz CT molecular complexity index is 1490. The van der Waals surface area contributed by atoms with E-state index in [9.17, 15) is 14.7 Å². The molecular formula is C28H24ClN3O5. The van der Waals surface area contributed by atoms with Gasteiger partial charge < -0.3 is 25.3 Å². The fourth-order valence-electron chi connectivity index (χ4n) is 3.87. The molecule has 37 heavy (non-hydrogen) atoms. The lowest BCUT2D eigenvalue weighted by Gasteiger charge is -2.19. The topological polar surface area (TPSA) is 117 Å². The highest BCUT2D eigenvalue weighted by Gasteiger charge is 2.28. The summed E-state index contributed by atoms with van der Waals surface area (Å²) in [5.41, 5.74) is 1.68. The number of terminal acetylenes is 1. The van der Waals surface area contributed by atoms with Crippen molar-refractivity contribution >= 4 is 23.2 Å². The lowest BCUT2D eigenvalue weighted by Crippen LogP contribution is -2.33. The molecule has 1 amide bonds. The van der Waals surface area contributed by atoms with Crippen LogP contribution in [0.15, 0.2) is 77.6 Å². The highest BCUT2D eigenvalue weighted by atomic mass is 35.5. The van der Waals surface area contributed by atoms with Crippen LogP contribution in [0, 0.1) is 12.3 Å². The zero-order chi connectivity index (χ0) is 26.4. The first-order chi connectivity index (χ1) is 17.9. The maximum Gasteiger partial charge on any atom is 0.329 e. The predicted octanol–water partition coefficient (Wildman–Crippen LogP) is 3.98. The van der Waals surface area contributed by atoms with Crippen LogP contribution in [0.25, 0.3) is 11.3 Å². The fraction of sp³-hybridized carbons (Fsp3) is 0.143. The number of H-pyrrole nitrogens is 1. The van der Waals surface area contributed by atoms with Gasteiger partial charge in [-0.05, 0) is 48.0 Å². The standard InChI is InChI=1S/C28H24ClN3O5/c1-2-18-8-13-23(22(29)16-18)30-26(34)24(17-19-6-4-3-5-7-19)32-27(35)25(31-28(32)36)20-9-11-21(12-10-20)37-15-14-33/h1,3-13,16,24,33,35H,14-15,17H2,(H,30,34)(H,31,36)/t24-/m0/s1. The number of carbonyl (C=O) groups excluding carboxylic acids is 1. The van der Waals surface area contributed by atoms with Gasteiger partial charge in [0.25, 0.3) is 0 Å². The molecule has 0 aliphatic carbocycles. The van der Waals surface area contributed by atoms with Crippen molar-refractivity contribution in [2.75, 3.05) is 18.5 Å². The van der Waals surface area contributed by atoms with Crippen LogP contribution in [0.2, 0.25) is 5.02 Å². The Balaban J connectivity index is 1.70. The summed E-state index contributed by atoms with van der Waals surface area (Å²) in [6.45, 7) is 0.0202. The molecule has 8 nitrogen and oxygen atoms in total. The number of aromatic amines is 1. The Morgan fingerprint density at radius 2 is 1.86 bits per heavy atom. The van der Waals surface area contributed by atoms with Crippen LogP contribution in [-0.2, 0) is 11.2 Å². The third-order valence-electron chi connectivity index (χ3n) is 5.69. The van der Waals surface area contributed by atoms with Gasteiger partial charge in [-0.15, -0.1) is 6.42 Å². The highest BCUT2D eigenvalue weighted by molar-refractivity contribution is 6.33. The molecule has 0 unspecified atom stereocenters. The summed E-state index contributed by atoms with van der Waals surface area (Å²) in [6, 6.07) is 19.4. The lowest BCUT2D eigenvalue weighted by atomic mass is 10.0. The van der Waals surface area contributed by atoms with Gasteiger partial charge in [-0.1, -0.05) is 47.9 Å². The number of hydrogen-bond acceptors (Lipinski definition) is 5. The molecule has 3 aromatic carbocycles. The summed E-state index contributed by atoms with van der Waals surface area (Å²) in [6.07, 6.45) is 5.54. The number of aromatic hydroxyl groups is 1. The first-order valence-corrected chi connectivity index (χ1v) is 11.8. The van der Waals surface area contributed by atoms with Gasteiger partial charge in [-0.3, -0.25) is 4.79 Å². The molecule has 0 bridgehead atoms. The molecule has 4 N–H and O–H groups in total. The molecule has 4 aromatic rings. The molecule has 188 valence electrons. The Hall–Kier alpha value is -4.45. The molecule has 1 aromatic heterocycles. The zero-order valence-electron chi connectivity index (χ0n) is 19.6. The van der Waals surface area contributed by atoms with Crippen LogP contribution >= 0.6 is 11.6 Å². The summed E-state index contributed by atoms with van der Waals surface area (Å²) in [5.74, 6) is 2.06. The molecule has 9 heteroatoms. The Morgan fingerprint density at radius 3 is 2.51 bits per heavy atom. The number of aliphatic hydroxyl groups is 1. The number of halogens is 1. The summed E-state index contributed by atoms with van der Waals surface area (Å²) < 4.78 is 6.38. The second kappa shape index (κ2) is 11.5. The summed E-state index contributed by atoms with van der Waals surface area (Å²) >= 11 is 6.30. The van der Waals surface area contributed by atoms with Crippen molar-refractivity contribution in [3.8, 4) is 35.2 Å². The Morgan fingerprint density at radius 1 is 1.14 bits per heavy atom. The number of nitrogens with zero attached hydrogens (tertiary/aromatic N) is 1. The molecular weight excluding hydrogens is 494 g/mol. The number of ether oxygens (including phenoxy) is 1. The molecule has 0 radical (unpaired) electrons. The van der Waals surface area contributed by atoms with E-state index in [-0.39, 0.29) is 36.2 Å². The number of imidazole rings is 1. The molecule has 0 aliphatic rings. The minimum absolute atomic E-state index is 0.122. The van der Waals surface area contributed by atoms with E-state index in [2.05, 4.69) is 16.2 Å². The number of aromatic nitrogens is 2. The van der Waals surface area contributed by atoms with Gasteiger partial charge in [0.2, 0.25) is 11.8 Å². The van der Waals surface area contributed by atoms with Gasteiger partial charge in [-0.25, -0.2) is 9.36 Å². The van der Waals surface area contributed by atoms with Crippen LogP contribution < -0.4 is 15.7 Å². The normalized spacial score (nSPS) is 11.5. The maximum absolute atomic E-state index is 13.5. The van der Waals surface area contributed by atoms with E-state index in [4.69, 9.17) is 27.9 Å². The Kier molecular flexibility index (Phi) is 7.98. The molecule has 1 heterocycles. The number of aliphatic hydroxyl groups excluding tert-OH is 1. The third-order valence-corrected chi connectivity index (χ3v) is 6.00. The number of anilines is 1. The molecule has 0 aliphatic heterocycles. The van der Waals surface area contributed by atoms with E-state index in [0.29, 0.717) is 22.6 Å². The third kappa shape index (κ3) is 5.86. The van der Waals surface area contributed by atoms with Crippen LogP contribution in [0.5, 0.6) is 11.6 Å². The van der Waals surface area contributed by atoms with Crippen molar-refractivity contribution in [1.82, 2.24) is 9.55 Å². The molecule has 0 fully saturated rings. The van der Waals surface area contributed by atoms with E-state index >= 15 is 0 Å². The number of benzene rings is 3. The summed E-state index contributed by atoms with van der Waals surface area (Å²) in [7, 11) is 0. The quantitative estimate of drug-likeness (QED) is 0.251. The van der Waals surface area contributed by atoms with Crippen LogP contribution in [-0.4, -0.2) is 38.9 Å². The number of hydrogen-bond donors (Lipinski definition) is 4. The molecule has 0 saturated heterocycles. The van der Waals surface area contributed by atoms with E-state index in [1.165, 1.54) is 0 Å². The number of nitrogens with one attached hydrogen (secondary N) is 2. The van der Waals surface area contributed by atoms with E-state index in [1.807, 2.05) is 30.3 Å². The van der Waals surface area contributed by atoms with Crippen LogP contribution in [0.4, 0.5) is 5.69 Å². The van der Waals surface area contributed by atoms with Crippen molar-refractivity contribution in [2.24, 2.45) is 0 Å². The van der Waals surface area contributed by atoms with Crippen LogP contribution in [0.1, 0.15) is 17.2 Å². The van der Waals surface area contributed by atoms with Gasteiger partial charge in [-0.2, -0.15) is 0 Å². The molecule has 0 saturated carbocycles. The first-order valence-electron chi connectivity index (χ1n) is 11.4. The maximum atomic E-state index is 13.5. The van der Waals surface area contributed by atoms with Crippen molar-refractivity contribution in [1.29, 1.82) is 0 Å². The van der Waals surface area contributed by atoms with Crippen LogP contribution in [0.3, 0.4) is 0 Å². The highest BCUT2D eigenvalue weighted by Crippen LogP contribution is 2.31. The number of amides is 1. The first kappa shape index (κ1) is 25.6. The van der Waals surface area contributed by atoms with Crippen molar-refractivity contribution in [3.63, 3.8) is 0 Å². The van der Waals surface area contributed by atoms with Crippen molar-refractivity contribution < 1.29 is 19.7 Å². The van der Waals surface area contributed by atoms with E-state index in [1.54, 1.807) is 42.5 Å². The van der Waals surface area contributed by atoms with Crippen molar-refractivity contribution in [2.45, 2.75) is 12.5 Å².